The molecule has 0 saturated heterocycles. The minimum atomic E-state index is 0.653. The van der Waals surface area contributed by atoms with Crippen molar-refractivity contribution in [3.63, 3.8) is 0 Å². The van der Waals surface area contributed by atoms with Gasteiger partial charge in [-0.15, -0.1) is 0 Å². The van der Waals surface area contributed by atoms with Crippen molar-refractivity contribution >= 4 is 17.3 Å². The molecule has 1 rings (SSSR count). The van der Waals surface area contributed by atoms with Crippen LogP contribution in [-0.2, 0) is 0 Å². The second kappa shape index (κ2) is 5.86. The van der Waals surface area contributed by atoms with Gasteiger partial charge in [0.05, 0.1) is 11.6 Å². The summed E-state index contributed by atoms with van der Waals surface area (Å²) in [5, 5.41) is 3.69. The lowest BCUT2D eigenvalue weighted by Crippen LogP contribution is -2.01. The van der Waals surface area contributed by atoms with E-state index in [1.54, 1.807) is 0 Å². The van der Waals surface area contributed by atoms with E-state index in [0.29, 0.717) is 10.9 Å². The van der Waals surface area contributed by atoms with E-state index in [1.807, 2.05) is 25.2 Å². The summed E-state index contributed by atoms with van der Waals surface area (Å²) in [5.41, 5.74) is 0.996. The third-order valence-corrected chi connectivity index (χ3v) is 2.47. The van der Waals surface area contributed by atoms with Gasteiger partial charge in [-0.3, -0.25) is 0 Å². The van der Waals surface area contributed by atoms with Crippen molar-refractivity contribution in [3.8, 4) is 5.75 Å². The van der Waals surface area contributed by atoms with Crippen LogP contribution < -0.4 is 10.1 Å². The Morgan fingerprint density at radius 1 is 1.40 bits per heavy atom. The van der Waals surface area contributed by atoms with Crippen molar-refractivity contribution in [1.82, 2.24) is 0 Å². The Bertz CT molecular complexity index is 312. The molecule has 0 radical (unpaired) electrons. The van der Waals surface area contributed by atoms with Gasteiger partial charge in [-0.05, 0) is 30.5 Å². The molecule has 0 aliphatic carbocycles. The number of hydrogen-bond donors (Lipinski definition) is 1. The Hall–Kier alpha value is -0.890. The standard InChI is InChI=1S/C12H18ClNO/c1-9(2)6-7-15-12-5-4-10(14-3)8-11(12)13/h4-5,8-9,14H,6-7H2,1-3H3. The molecule has 0 saturated carbocycles. The third-order valence-electron chi connectivity index (χ3n) is 2.17. The molecule has 84 valence electrons. The smallest absolute Gasteiger partial charge is 0.138 e. The van der Waals surface area contributed by atoms with Gasteiger partial charge >= 0.3 is 0 Å². The van der Waals surface area contributed by atoms with E-state index in [0.717, 1.165) is 24.5 Å². The molecule has 0 aliphatic heterocycles. The summed E-state index contributed by atoms with van der Waals surface area (Å²) in [6.45, 7) is 5.07. The van der Waals surface area contributed by atoms with Crippen molar-refractivity contribution in [3.05, 3.63) is 23.2 Å². The number of halogens is 1. The van der Waals surface area contributed by atoms with Gasteiger partial charge in [0.1, 0.15) is 5.75 Å². The SMILES string of the molecule is CNc1ccc(OCCC(C)C)c(Cl)c1. The zero-order chi connectivity index (χ0) is 11.3. The van der Waals surface area contributed by atoms with E-state index < -0.39 is 0 Å². The highest BCUT2D eigenvalue weighted by Crippen LogP contribution is 2.27. The lowest BCUT2D eigenvalue weighted by molar-refractivity contribution is 0.289. The molecular formula is C12H18ClNO. The fraction of sp³-hybridized carbons (Fsp3) is 0.500. The molecule has 15 heavy (non-hydrogen) atoms. The molecule has 0 amide bonds. The largest absolute Gasteiger partial charge is 0.492 e. The molecule has 0 heterocycles. The maximum atomic E-state index is 6.06. The maximum absolute atomic E-state index is 6.06. The summed E-state index contributed by atoms with van der Waals surface area (Å²) < 4.78 is 5.59. The zero-order valence-electron chi connectivity index (χ0n) is 9.51. The van der Waals surface area contributed by atoms with Gasteiger partial charge in [0.25, 0.3) is 0 Å². The van der Waals surface area contributed by atoms with Gasteiger partial charge in [0.2, 0.25) is 0 Å². The summed E-state index contributed by atoms with van der Waals surface area (Å²) in [6.07, 6.45) is 1.05. The molecule has 1 aromatic carbocycles. The highest BCUT2D eigenvalue weighted by molar-refractivity contribution is 6.32. The number of nitrogens with one attached hydrogen (secondary N) is 1. The Labute approximate surface area is 96.6 Å². The van der Waals surface area contributed by atoms with Gasteiger partial charge in [-0.1, -0.05) is 25.4 Å². The van der Waals surface area contributed by atoms with E-state index in [9.17, 15) is 0 Å². The van der Waals surface area contributed by atoms with Crippen LogP contribution in [0.1, 0.15) is 20.3 Å². The monoisotopic (exact) mass is 227 g/mol. The zero-order valence-corrected chi connectivity index (χ0v) is 10.3. The predicted molar refractivity (Wildman–Crippen MR) is 65.9 cm³/mol. The number of benzene rings is 1. The van der Waals surface area contributed by atoms with Crippen LogP contribution in [0.5, 0.6) is 5.75 Å². The number of ether oxygens (including phenoxy) is 1. The first-order chi connectivity index (χ1) is 7.13. The van der Waals surface area contributed by atoms with Gasteiger partial charge in [-0.2, -0.15) is 0 Å². The maximum Gasteiger partial charge on any atom is 0.138 e. The molecule has 1 N–H and O–H groups in total. The average Bonchev–Trinajstić information content (AvgIpc) is 2.20. The van der Waals surface area contributed by atoms with E-state index in [1.165, 1.54) is 0 Å². The second-order valence-electron chi connectivity index (χ2n) is 3.93. The highest BCUT2D eigenvalue weighted by atomic mass is 35.5. The number of anilines is 1. The predicted octanol–water partition coefficient (Wildman–Crippen LogP) is 3.81. The summed E-state index contributed by atoms with van der Waals surface area (Å²) >= 11 is 6.06. The average molecular weight is 228 g/mol. The van der Waals surface area contributed by atoms with Crippen LogP contribution in [0.3, 0.4) is 0 Å². The number of rotatable bonds is 5. The molecule has 0 bridgehead atoms. The third kappa shape index (κ3) is 4.00. The molecule has 3 heteroatoms. The minimum Gasteiger partial charge on any atom is -0.492 e. The van der Waals surface area contributed by atoms with Crippen LogP contribution in [0.25, 0.3) is 0 Å². The van der Waals surface area contributed by atoms with E-state index >= 15 is 0 Å². The fourth-order valence-electron chi connectivity index (χ4n) is 1.18. The van der Waals surface area contributed by atoms with Crippen LogP contribution in [0.15, 0.2) is 18.2 Å². The molecule has 1 aromatic rings. The quantitative estimate of drug-likeness (QED) is 0.826. The summed E-state index contributed by atoms with van der Waals surface area (Å²) in [5.74, 6) is 1.41. The van der Waals surface area contributed by atoms with Crippen molar-refractivity contribution in [1.29, 1.82) is 0 Å². The summed E-state index contributed by atoms with van der Waals surface area (Å²) in [7, 11) is 1.87. The lowest BCUT2D eigenvalue weighted by Gasteiger charge is -2.10. The molecule has 0 unspecified atom stereocenters. The van der Waals surface area contributed by atoms with E-state index in [-0.39, 0.29) is 0 Å². The van der Waals surface area contributed by atoms with E-state index in [4.69, 9.17) is 16.3 Å². The first kappa shape index (κ1) is 12.2. The van der Waals surface area contributed by atoms with Crippen LogP contribution in [0.2, 0.25) is 5.02 Å². The topological polar surface area (TPSA) is 21.3 Å². The fourth-order valence-corrected chi connectivity index (χ4v) is 1.41. The Kier molecular flexibility index (Phi) is 4.76. The first-order valence-electron chi connectivity index (χ1n) is 5.23. The van der Waals surface area contributed by atoms with Gasteiger partial charge in [0.15, 0.2) is 0 Å². The van der Waals surface area contributed by atoms with Crippen molar-refractivity contribution in [2.24, 2.45) is 5.92 Å². The molecular weight excluding hydrogens is 210 g/mol. The molecule has 0 atom stereocenters. The Morgan fingerprint density at radius 2 is 2.13 bits per heavy atom. The molecule has 0 aromatic heterocycles. The van der Waals surface area contributed by atoms with Gasteiger partial charge < -0.3 is 10.1 Å². The van der Waals surface area contributed by atoms with Crippen molar-refractivity contribution < 1.29 is 4.74 Å². The number of hydrogen-bond acceptors (Lipinski definition) is 2. The minimum absolute atomic E-state index is 0.653. The molecule has 0 fully saturated rings. The van der Waals surface area contributed by atoms with Crippen LogP contribution in [0.4, 0.5) is 5.69 Å². The van der Waals surface area contributed by atoms with Crippen molar-refractivity contribution in [2.75, 3.05) is 19.0 Å². The molecule has 0 aliphatic rings. The Morgan fingerprint density at radius 3 is 2.67 bits per heavy atom. The van der Waals surface area contributed by atoms with Gasteiger partial charge in [0, 0.05) is 12.7 Å². The summed E-state index contributed by atoms with van der Waals surface area (Å²) in [6, 6.07) is 5.72. The molecule has 0 spiro atoms. The highest BCUT2D eigenvalue weighted by Gasteiger charge is 2.02. The van der Waals surface area contributed by atoms with Crippen molar-refractivity contribution in [2.45, 2.75) is 20.3 Å². The summed E-state index contributed by atoms with van der Waals surface area (Å²) in [4.78, 5) is 0. The van der Waals surface area contributed by atoms with Gasteiger partial charge in [-0.25, -0.2) is 0 Å². The van der Waals surface area contributed by atoms with Crippen LogP contribution in [0, 0.1) is 5.92 Å². The van der Waals surface area contributed by atoms with Crippen LogP contribution >= 0.6 is 11.6 Å². The van der Waals surface area contributed by atoms with Crippen LogP contribution in [-0.4, -0.2) is 13.7 Å². The Balaban J connectivity index is 2.54. The normalized spacial score (nSPS) is 10.5. The molecule has 2 nitrogen and oxygen atoms in total. The first-order valence-corrected chi connectivity index (χ1v) is 5.61. The van der Waals surface area contributed by atoms with E-state index in [2.05, 4.69) is 19.2 Å². The lowest BCUT2D eigenvalue weighted by atomic mass is 10.1. The second-order valence-corrected chi connectivity index (χ2v) is 4.33.